The van der Waals surface area contributed by atoms with Crippen LogP contribution in [0.15, 0.2) is 53.4 Å². The first-order valence-electron chi connectivity index (χ1n) is 9.21. The van der Waals surface area contributed by atoms with Crippen LogP contribution in [0.25, 0.3) is 0 Å². The van der Waals surface area contributed by atoms with Crippen molar-refractivity contribution in [3.63, 3.8) is 0 Å². The molecule has 0 aromatic heterocycles. The summed E-state index contributed by atoms with van der Waals surface area (Å²) in [7, 11) is -1.97. The van der Waals surface area contributed by atoms with Crippen molar-refractivity contribution in [1.29, 1.82) is 0 Å². The number of nitrogens with one attached hydrogen (secondary N) is 1. The SMILES string of the molecule is CN(CCN1CCCC1)C(=O)c1ccc(S(=O)(=O)Nc2ccc(Cl)cc2)cc1. The lowest BCUT2D eigenvalue weighted by Crippen LogP contribution is -2.35. The van der Waals surface area contributed by atoms with Crippen molar-refractivity contribution in [2.24, 2.45) is 0 Å². The van der Waals surface area contributed by atoms with Gasteiger partial charge in [-0.2, -0.15) is 0 Å². The molecule has 0 saturated carbocycles. The molecule has 28 heavy (non-hydrogen) atoms. The third kappa shape index (κ3) is 5.25. The van der Waals surface area contributed by atoms with Crippen molar-refractivity contribution < 1.29 is 13.2 Å². The van der Waals surface area contributed by atoms with E-state index in [-0.39, 0.29) is 10.8 Å². The molecule has 0 bridgehead atoms. The number of carbonyl (C=O) groups excluding carboxylic acids is 1. The Kier molecular flexibility index (Phi) is 6.59. The molecular weight excluding hydrogens is 398 g/mol. The van der Waals surface area contributed by atoms with E-state index < -0.39 is 10.0 Å². The molecule has 1 N–H and O–H groups in total. The predicted molar refractivity (Wildman–Crippen MR) is 111 cm³/mol. The monoisotopic (exact) mass is 421 g/mol. The van der Waals surface area contributed by atoms with Gasteiger partial charge in [0.15, 0.2) is 0 Å². The minimum absolute atomic E-state index is 0.0960. The minimum atomic E-state index is -3.73. The maximum atomic E-state index is 12.6. The summed E-state index contributed by atoms with van der Waals surface area (Å²) < 4.78 is 27.5. The predicted octanol–water partition coefficient (Wildman–Crippen LogP) is 3.31. The van der Waals surface area contributed by atoms with Gasteiger partial charge in [-0.3, -0.25) is 9.52 Å². The largest absolute Gasteiger partial charge is 0.340 e. The Morgan fingerprint density at radius 2 is 1.68 bits per heavy atom. The number of benzene rings is 2. The quantitative estimate of drug-likeness (QED) is 0.744. The molecular formula is C20H24ClN3O3S. The number of rotatable bonds is 7. The van der Waals surface area contributed by atoms with E-state index in [1.165, 1.54) is 25.0 Å². The molecule has 1 saturated heterocycles. The van der Waals surface area contributed by atoms with Crippen LogP contribution in [0.5, 0.6) is 0 Å². The van der Waals surface area contributed by atoms with Crippen molar-refractivity contribution in [3.8, 4) is 0 Å². The lowest BCUT2D eigenvalue weighted by Gasteiger charge is -2.21. The molecule has 2 aromatic rings. The Morgan fingerprint density at radius 1 is 1.07 bits per heavy atom. The van der Waals surface area contributed by atoms with Gasteiger partial charge < -0.3 is 9.80 Å². The zero-order valence-corrected chi connectivity index (χ0v) is 17.3. The number of sulfonamides is 1. The number of amides is 1. The van der Waals surface area contributed by atoms with Crippen molar-refractivity contribution in [1.82, 2.24) is 9.80 Å². The Hall–Kier alpha value is -2.09. The zero-order chi connectivity index (χ0) is 20.1. The number of nitrogens with zero attached hydrogens (tertiary/aromatic N) is 2. The van der Waals surface area contributed by atoms with E-state index in [0.29, 0.717) is 22.8 Å². The highest BCUT2D eigenvalue weighted by Crippen LogP contribution is 2.19. The standard InChI is InChI=1S/C20H24ClN3O3S/c1-23(14-15-24-12-2-3-13-24)20(25)16-4-10-19(11-5-16)28(26,27)22-18-8-6-17(21)7-9-18/h4-11,22H,2-3,12-15H2,1H3. The van der Waals surface area contributed by atoms with E-state index in [1.54, 1.807) is 48.3 Å². The maximum Gasteiger partial charge on any atom is 0.261 e. The van der Waals surface area contributed by atoms with Crippen molar-refractivity contribution in [3.05, 3.63) is 59.1 Å². The van der Waals surface area contributed by atoms with Crippen LogP contribution in [0.4, 0.5) is 5.69 Å². The van der Waals surface area contributed by atoms with E-state index in [4.69, 9.17) is 11.6 Å². The molecule has 0 unspecified atom stereocenters. The lowest BCUT2D eigenvalue weighted by atomic mass is 10.2. The highest BCUT2D eigenvalue weighted by Gasteiger charge is 2.18. The molecule has 2 aromatic carbocycles. The molecule has 0 aliphatic carbocycles. The molecule has 0 spiro atoms. The summed E-state index contributed by atoms with van der Waals surface area (Å²) in [6.07, 6.45) is 2.44. The second kappa shape index (κ2) is 8.94. The average Bonchev–Trinajstić information content (AvgIpc) is 3.21. The van der Waals surface area contributed by atoms with Gasteiger partial charge in [-0.25, -0.2) is 8.42 Å². The lowest BCUT2D eigenvalue weighted by molar-refractivity contribution is 0.0782. The Balaban J connectivity index is 1.62. The fourth-order valence-electron chi connectivity index (χ4n) is 3.13. The van der Waals surface area contributed by atoms with E-state index in [1.807, 2.05) is 0 Å². The van der Waals surface area contributed by atoms with Crippen LogP contribution in [0.2, 0.25) is 5.02 Å². The van der Waals surface area contributed by atoms with Crippen LogP contribution < -0.4 is 4.72 Å². The van der Waals surface area contributed by atoms with Gasteiger partial charge in [0, 0.05) is 36.4 Å². The number of likely N-dealkylation sites (N-methyl/N-ethyl adjacent to an activating group) is 1. The van der Waals surface area contributed by atoms with Gasteiger partial charge in [0.2, 0.25) is 0 Å². The average molecular weight is 422 g/mol. The Bertz CT molecular complexity index is 909. The highest BCUT2D eigenvalue weighted by molar-refractivity contribution is 7.92. The number of hydrogen-bond acceptors (Lipinski definition) is 4. The number of halogens is 1. The normalized spacial score (nSPS) is 14.8. The van der Waals surface area contributed by atoms with Gasteiger partial charge >= 0.3 is 0 Å². The molecule has 0 atom stereocenters. The van der Waals surface area contributed by atoms with Crippen LogP contribution >= 0.6 is 11.6 Å². The summed E-state index contributed by atoms with van der Waals surface area (Å²) in [5.74, 6) is -0.117. The smallest absolute Gasteiger partial charge is 0.261 e. The summed E-state index contributed by atoms with van der Waals surface area (Å²) in [5.41, 5.74) is 0.889. The van der Waals surface area contributed by atoms with Gasteiger partial charge in [0.1, 0.15) is 0 Å². The Morgan fingerprint density at radius 3 is 2.29 bits per heavy atom. The molecule has 6 nitrogen and oxygen atoms in total. The van der Waals surface area contributed by atoms with Gasteiger partial charge in [0.05, 0.1) is 4.90 Å². The summed E-state index contributed by atoms with van der Waals surface area (Å²) >= 11 is 5.82. The third-order valence-corrected chi connectivity index (χ3v) is 6.45. The Labute approximate surface area is 171 Å². The first kappa shape index (κ1) is 20.6. The van der Waals surface area contributed by atoms with Crippen molar-refractivity contribution in [2.75, 3.05) is 37.9 Å². The van der Waals surface area contributed by atoms with Gasteiger partial charge in [0.25, 0.3) is 15.9 Å². The minimum Gasteiger partial charge on any atom is -0.340 e. The number of carbonyl (C=O) groups is 1. The molecule has 1 amide bonds. The molecule has 1 aliphatic rings. The van der Waals surface area contributed by atoms with Crippen LogP contribution in [-0.2, 0) is 10.0 Å². The summed E-state index contributed by atoms with van der Waals surface area (Å²) in [4.78, 5) is 16.7. The topological polar surface area (TPSA) is 69.7 Å². The third-order valence-electron chi connectivity index (χ3n) is 4.81. The second-order valence-electron chi connectivity index (χ2n) is 6.91. The molecule has 1 heterocycles. The fourth-order valence-corrected chi connectivity index (χ4v) is 4.31. The van der Waals surface area contributed by atoms with Crippen molar-refractivity contribution in [2.45, 2.75) is 17.7 Å². The van der Waals surface area contributed by atoms with E-state index in [9.17, 15) is 13.2 Å². The second-order valence-corrected chi connectivity index (χ2v) is 9.03. The first-order valence-corrected chi connectivity index (χ1v) is 11.1. The summed E-state index contributed by atoms with van der Waals surface area (Å²) in [6.45, 7) is 3.70. The van der Waals surface area contributed by atoms with E-state index >= 15 is 0 Å². The zero-order valence-electron chi connectivity index (χ0n) is 15.8. The molecule has 3 rings (SSSR count). The van der Waals surface area contributed by atoms with Crippen molar-refractivity contribution >= 4 is 33.2 Å². The molecule has 1 fully saturated rings. The molecule has 0 radical (unpaired) electrons. The van der Waals surface area contributed by atoms with Crippen LogP contribution in [0.3, 0.4) is 0 Å². The van der Waals surface area contributed by atoms with E-state index in [0.717, 1.165) is 19.6 Å². The summed E-state index contributed by atoms with van der Waals surface area (Å²) in [5, 5.41) is 0.527. The van der Waals surface area contributed by atoms with Gasteiger partial charge in [-0.05, 0) is 74.5 Å². The van der Waals surface area contributed by atoms with Crippen LogP contribution in [-0.4, -0.2) is 57.4 Å². The number of anilines is 1. The highest BCUT2D eigenvalue weighted by atomic mass is 35.5. The fraction of sp³-hybridized carbons (Fsp3) is 0.350. The van der Waals surface area contributed by atoms with Crippen LogP contribution in [0, 0.1) is 0 Å². The van der Waals surface area contributed by atoms with Crippen LogP contribution in [0.1, 0.15) is 23.2 Å². The molecule has 150 valence electrons. The molecule has 8 heteroatoms. The maximum absolute atomic E-state index is 12.6. The number of likely N-dealkylation sites (tertiary alicyclic amines) is 1. The number of hydrogen-bond donors (Lipinski definition) is 1. The first-order chi connectivity index (χ1) is 13.3. The van der Waals surface area contributed by atoms with E-state index in [2.05, 4.69) is 9.62 Å². The van der Waals surface area contributed by atoms with Gasteiger partial charge in [-0.1, -0.05) is 11.6 Å². The molecule has 1 aliphatic heterocycles. The summed E-state index contributed by atoms with van der Waals surface area (Å²) in [6, 6.07) is 12.4. The van der Waals surface area contributed by atoms with Gasteiger partial charge in [-0.15, -0.1) is 0 Å².